The van der Waals surface area contributed by atoms with Crippen molar-refractivity contribution in [1.82, 2.24) is 24.6 Å². The highest BCUT2D eigenvalue weighted by Crippen LogP contribution is 2.31. The number of likely N-dealkylation sites (tertiary alicyclic amines) is 1. The van der Waals surface area contributed by atoms with Crippen molar-refractivity contribution < 1.29 is 14.6 Å². The lowest BCUT2D eigenvalue weighted by Gasteiger charge is -2.31. The van der Waals surface area contributed by atoms with Crippen molar-refractivity contribution in [3.63, 3.8) is 0 Å². The summed E-state index contributed by atoms with van der Waals surface area (Å²) in [5, 5.41) is 28.1. The van der Waals surface area contributed by atoms with Gasteiger partial charge in [-0.05, 0) is 69.2 Å². The number of piperidine rings is 1. The Morgan fingerprint density at radius 3 is 2.71 bits per heavy atom. The number of aliphatic hydroxyl groups is 2. The van der Waals surface area contributed by atoms with E-state index in [1.807, 2.05) is 12.1 Å². The summed E-state index contributed by atoms with van der Waals surface area (Å²) in [5.74, 6) is 0.190. The van der Waals surface area contributed by atoms with Crippen LogP contribution in [0.25, 0.3) is 16.6 Å². The van der Waals surface area contributed by atoms with Gasteiger partial charge in [-0.3, -0.25) is 0 Å². The second kappa shape index (κ2) is 9.46. The summed E-state index contributed by atoms with van der Waals surface area (Å²) in [5.41, 5.74) is 2.66. The molecule has 1 aliphatic rings. The maximum atomic E-state index is 14.8. The van der Waals surface area contributed by atoms with E-state index >= 15 is 0 Å². The van der Waals surface area contributed by atoms with Crippen LogP contribution < -0.4 is 5.32 Å². The van der Waals surface area contributed by atoms with E-state index in [4.69, 9.17) is 0 Å². The number of aliphatic hydroxyl groups excluding tert-OH is 2. The minimum Gasteiger partial charge on any atom is -0.390 e. The molecule has 1 aromatic carbocycles. The lowest BCUT2D eigenvalue weighted by atomic mass is 9.89. The molecule has 8 nitrogen and oxygen atoms in total. The maximum absolute atomic E-state index is 14.8. The van der Waals surface area contributed by atoms with E-state index in [1.165, 1.54) is 10.7 Å². The smallest absolute Gasteiger partial charge is 0.148 e. The Balaban J connectivity index is 1.35. The monoisotopic (exact) mass is 462 g/mol. The summed E-state index contributed by atoms with van der Waals surface area (Å²) in [6.45, 7) is 1.77. The summed E-state index contributed by atoms with van der Waals surface area (Å²) < 4.78 is 16.3. The van der Waals surface area contributed by atoms with Crippen LogP contribution in [0.5, 0.6) is 0 Å². The van der Waals surface area contributed by atoms with Gasteiger partial charge in [0.15, 0.2) is 0 Å². The second-order valence-corrected chi connectivity index (χ2v) is 8.78. The summed E-state index contributed by atoms with van der Waals surface area (Å²) in [6, 6.07) is 11.9. The molecule has 34 heavy (non-hydrogen) atoms. The van der Waals surface area contributed by atoms with Crippen molar-refractivity contribution in [2.75, 3.05) is 25.5 Å². The van der Waals surface area contributed by atoms with Crippen LogP contribution in [0.3, 0.4) is 0 Å². The average molecular weight is 463 g/mol. The van der Waals surface area contributed by atoms with Gasteiger partial charge in [-0.15, -0.1) is 0 Å². The van der Waals surface area contributed by atoms with Gasteiger partial charge >= 0.3 is 0 Å². The standard InChI is InChI=1S/C25H27FN6O2/c1-31-9-6-16(7-10-31)25(34)22-4-2-17-14-27-24(13-23(17)28-22)29-21-5-3-19(12-20(21)26)32-11-8-18(15-33)30-32/h2-5,8,11-14,16,25,33-34H,6-7,9-10,15H2,1H3,(H,27,29)/t25-/m0/s1. The Labute approximate surface area is 196 Å². The topological polar surface area (TPSA) is 99.3 Å². The highest BCUT2D eigenvalue weighted by Gasteiger charge is 2.26. The zero-order chi connectivity index (χ0) is 23.7. The Morgan fingerprint density at radius 1 is 1.15 bits per heavy atom. The quantitative estimate of drug-likeness (QED) is 0.403. The van der Waals surface area contributed by atoms with Gasteiger partial charge in [0.25, 0.3) is 0 Å². The van der Waals surface area contributed by atoms with E-state index in [0.717, 1.165) is 31.3 Å². The number of fused-ring (bicyclic) bond motifs is 1. The molecule has 0 amide bonds. The molecule has 4 aromatic rings. The molecule has 3 aromatic heterocycles. The van der Waals surface area contributed by atoms with E-state index in [-0.39, 0.29) is 18.2 Å². The van der Waals surface area contributed by atoms with Crippen LogP contribution in [0.2, 0.25) is 0 Å². The van der Waals surface area contributed by atoms with Crippen LogP contribution in [0.1, 0.15) is 30.3 Å². The molecule has 5 rings (SSSR count). The number of hydrogen-bond donors (Lipinski definition) is 3. The third-order valence-corrected chi connectivity index (χ3v) is 6.39. The molecule has 0 radical (unpaired) electrons. The van der Waals surface area contributed by atoms with Gasteiger partial charge in [-0.25, -0.2) is 19.0 Å². The van der Waals surface area contributed by atoms with Gasteiger partial charge in [0.1, 0.15) is 11.6 Å². The predicted molar refractivity (Wildman–Crippen MR) is 127 cm³/mol. The number of nitrogens with one attached hydrogen (secondary N) is 1. The number of pyridine rings is 2. The van der Waals surface area contributed by atoms with Crippen molar-refractivity contribution in [1.29, 1.82) is 0 Å². The predicted octanol–water partition coefficient (Wildman–Crippen LogP) is 3.57. The van der Waals surface area contributed by atoms with Gasteiger partial charge in [0.2, 0.25) is 0 Å². The summed E-state index contributed by atoms with van der Waals surface area (Å²) in [7, 11) is 2.10. The Hall–Kier alpha value is -3.40. The molecule has 3 N–H and O–H groups in total. The first kappa shape index (κ1) is 22.4. The molecule has 0 saturated carbocycles. The number of nitrogens with zero attached hydrogens (tertiary/aromatic N) is 5. The average Bonchev–Trinajstić information content (AvgIpc) is 3.34. The molecular weight excluding hydrogens is 435 g/mol. The molecule has 0 unspecified atom stereocenters. The third kappa shape index (κ3) is 4.63. The number of aromatic nitrogens is 4. The summed E-state index contributed by atoms with van der Waals surface area (Å²) in [6.07, 6.45) is 4.62. The van der Waals surface area contributed by atoms with E-state index in [1.54, 1.807) is 36.7 Å². The van der Waals surface area contributed by atoms with Crippen molar-refractivity contribution in [2.24, 2.45) is 5.92 Å². The van der Waals surface area contributed by atoms with E-state index in [2.05, 4.69) is 32.3 Å². The number of benzene rings is 1. The number of hydrogen-bond acceptors (Lipinski definition) is 7. The van der Waals surface area contributed by atoms with Crippen molar-refractivity contribution in [3.05, 3.63) is 72.1 Å². The molecule has 0 bridgehead atoms. The first-order chi connectivity index (χ1) is 16.5. The van der Waals surface area contributed by atoms with Crippen molar-refractivity contribution in [3.8, 4) is 5.69 Å². The lowest BCUT2D eigenvalue weighted by Crippen LogP contribution is -2.32. The number of halogens is 1. The van der Waals surface area contributed by atoms with Crippen LogP contribution in [-0.4, -0.2) is 55.0 Å². The Bertz CT molecular complexity index is 1300. The van der Waals surface area contributed by atoms with Crippen molar-refractivity contribution >= 4 is 22.4 Å². The van der Waals surface area contributed by atoms with Gasteiger partial charge in [0, 0.05) is 29.9 Å². The fourth-order valence-electron chi connectivity index (χ4n) is 4.33. The number of rotatable bonds is 6. The van der Waals surface area contributed by atoms with Gasteiger partial charge < -0.3 is 20.4 Å². The van der Waals surface area contributed by atoms with Crippen LogP contribution in [0.15, 0.2) is 54.9 Å². The molecule has 1 atom stereocenters. The van der Waals surface area contributed by atoms with Gasteiger partial charge in [-0.2, -0.15) is 5.10 Å². The van der Waals surface area contributed by atoms with Crippen molar-refractivity contribution in [2.45, 2.75) is 25.6 Å². The highest BCUT2D eigenvalue weighted by molar-refractivity contribution is 5.81. The van der Waals surface area contributed by atoms with Gasteiger partial charge in [0.05, 0.1) is 41.0 Å². The minimum atomic E-state index is -0.610. The van der Waals surface area contributed by atoms with Crippen LogP contribution in [-0.2, 0) is 6.61 Å². The zero-order valence-corrected chi connectivity index (χ0v) is 18.9. The molecule has 9 heteroatoms. The van der Waals surface area contributed by atoms with Crippen LogP contribution in [0.4, 0.5) is 15.9 Å². The first-order valence-electron chi connectivity index (χ1n) is 11.4. The molecule has 4 heterocycles. The zero-order valence-electron chi connectivity index (χ0n) is 18.9. The molecule has 1 fully saturated rings. The Morgan fingerprint density at radius 2 is 1.97 bits per heavy atom. The van der Waals surface area contributed by atoms with E-state index < -0.39 is 11.9 Å². The third-order valence-electron chi connectivity index (χ3n) is 6.39. The fraction of sp³-hybridized carbons (Fsp3) is 0.320. The first-order valence-corrected chi connectivity index (χ1v) is 11.4. The molecule has 0 spiro atoms. The van der Waals surface area contributed by atoms with Crippen LogP contribution in [0, 0.1) is 11.7 Å². The molecule has 176 valence electrons. The lowest BCUT2D eigenvalue weighted by molar-refractivity contribution is 0.0629. The largest absolute Gasteiger partial charge is 0.390 e. The van der Waals surface area contributed by atoms with Crippen LogP contribution >= 0.6 is 0 Å². The molecule has 1 aliphatic heterocycles. The second-order valence-electron chi connectivity index (χ2n) is 8.78. The highest BCUT2D eigenvalue weighted by atomic mass is 19.1. The normalized spacial score (nSPS) is 16.1. The molecular formula is C25H27FN6O2. The summed E-state index contributed by atoms with van der Waals surface area (Å²) in [4.78, 5) is 11.3. The summed E-state index contributed by atoms with van der Waals surface area (Å²) >= 11 is 0. The SMILES string of the molecule is CN1CCC([C@H](O)c2ccc3cnc(Nc4ccc(-n5ccc(CO)n5)cc4F)cc3n2)CC1. The fourth-order valence-corrected chi connectivity index (χ4v) is 4.33. The molecule has 0 aliphatic carbocycles. The number of anilines is 2. The van der Waals surface area contributed by atoms with Gasteiger partial charge in [-0.1, -0.05) is 0 Å². The van der Waals surface area contributed by atoms with E-state index in [9.17, 15) is 14.6 Å². The maximum Gasteiger partial charge on any atom is 0.148 e. The minimum absolute atomic E-state index is 0.173. The Kier molecular flexibility index (Phi) is 6.23. The molecule has 1 saturated heterocycles. The van der Waals surface area contributed by atoms with E-state index in [0.29, 0.717) is 28.4 Å².